The molecule has 0 aliphatic heterocycles. The van der Waals surface area contributed by atoms with Gasteiger partial charge in [-0.1, -0.05) is 6.07 Å². The second-order valence-corrected chi connectivity index (χ2v) is 2.90. The van der Waals surface area contributed by atoms with Gasteiger partial charge in [-0.05, 0) is 24.6 Å². The van der Waals surface area contributed by atoms with E-state index in [1.54, 1.807) is 0 Å². The van der Waals surface area contributed by atoms with Crippen molar-refractivity contribution in [3.63, 3.8) is 0 Å². The number of carbonyl (C=O) groups is 1. The van der Waals surface area contributed by atoms with Crippen LogP contribution < -0.4 is 0 Å². The lowest BCUT2D eigenvalue weighted by Gasteiger charge is -1.97. The number of hydrogen-bond acceptors (Lipinski definition) is 3. The first-order valence-corrected chi connectivity index (χ1v) is 3.98. The summed E-state index contributed by atoms with van der Waals surface area (Å²) in [5.74, 6) is 0. The average Bonchev–Trinajstić information content (AvgIpc) is 2.16. The van der Waals surface area contributed by atoms with Gasteiger partial charge in [-0.2, -0.15) is 0 Å². The van der Waals surface area contributed by atoms with E-state index in [-0.39, 0.29) is 0 Å². The van der Waals surface area contributed by atoms with Crippen LogP contribution in [-0.2, 0) is 0 Å². The van der Waals surface area contributed by atoms with E-state index in [4.69, 9.17) is 0 Å². The van der Waals surface area contributed by atoms with Gasteiger partial charge in [0.25, 0.3) is 0 Å². The molecule has 2 rings (SSSR count). The normalized spacial score (nSPS) is 10.2. The van der Waals surface area contributed by atoms with Crippen LogP contribution in [0.5, 0.6) is 0 Å². The van der Waals surface area contributed by atoms with Gasteiger partial charge in [-0.15, -0.1) is 0 Å². The van der Waals surface area contributed by atoms with Crippen LogP contribution >= 0.6 is 0 Å². The molecule has 0 spiro atoms. The van der Waals surface area contributed by atoms with E-state index in [2.05, 4.69) is 9.97 Å². The molecule has 64 valence electrons. The van der Waals surface area contributed by atoms with E-state index in [0.717, 1.165) is 16.6 Å². The molecule has 0 radical (unpaired) electrons. The Kier molecular flexibility index (Phi) is 1.77. The summed E-state index contributed by atoms with van der Waals surface area (Å²) in [6, 6.07) is 5.78. The summed E-state index contributed by atoms with van der Waals surface area (Å²) in [5, 5.41) is 0. The predicted octanol–water partition coefficient (Wildman–Crippen LogP) is 1.75. The first kappa shape index (κ1) is 7.86. The summed E-state index contributed by atoms with van der Waals surface area (Å²) >= 11 is 0. The molecule has 0 amide bonds. The maximum absolute atomic E-state index is 10.4. The Labute approximate surface area is 75.4 Å². The van der Waals surface area contributed by atoms with Gasteiger partial charge >= 0.3 is 0 Å². The minimum atomic E-state index is 0.373. The van der Waals surface area contributed by atoms with Gasteiger partial charge in [0, 0.05) is 0 Å². The van der Waals surface area contributed by atoms with E-state index in [1.165, 1.54) is 6.20 Å². The van der Waals surface area contributed by atoms with Crippen molar-refractivity contribution in [1.29, 1.82) is 0 Å². The monoisotopic (exact) mass is 172 g/mol. The predicted molar refractivity (Wildman–Crippen MR) is 49.7 cm³/mol. The highest BCUT2D eigenvalue weighted by Gasteiger charge is 1.97. The fourth-order valence-electron chi connectivity index (χ4n) is 1.19. The number of fused-ring (bicyclic) bond motifs is 1. The van der Waals surface area contributed by atoms with E-state index in [0.29, 0.717) is 12.0 Å². The quantitative estimate of drug-likeness (QED) is 0.615. The van der Waals surface area contributed by atoms with Crippen molar-refractivity contribution in [1.82, 2.24) is 9.97 Å². The van der Waals surface area contributed by atoms with Gasteiger partial charge in [0.2, 0.25) is 0 Å². The number of benzene rings is 1. The molecular formula is C10H8N2O. The van der Waals surface area contributed by atoms with E-state index in [1.807, 2.05) is 25.1 Å². The highest BCUT2D eigenvalue weighted by Crippen LogP contribution is 2.10. The summed E-state index contributed by atoms with van der Waals surface area (Å²) in [4.78, 5) is 18.7. The van der Waals surface area contributed by atoms with Gasteiger partial charge in [-0.25, -0.2) is 4.98 Å². The fraction of sp³-hybridized carbons (Fsp3) is 0.100. The lowest BCUT2D eigenvalue weighted by molar-refractivity contribution is 0.111. The molecule has 1 heterocycles. The molecule has 0 fully saturated rings. The number of nitrogens with zero attached hydrogens (tertiary/aromatic N) is 2. The van der Waals surface area contributed by atoms with Crippen LogP contribution in [0.1, 0.15) is 16.1 Å². The molecule has 3 heteroatoms. The van der Waals surface area contributed by atoms with Crippen LogP contribution in [0, 0.1) is 6.92 Å². The lowest BCUT2D eigenvalue weighted by atomic mass is 10.2. The third kappa shape index (κ3) is 1.40. The average molecular weight is 172 g/mol. The van der Waals surface area contributed by atoms with Gasteiger partial charge < -0.3 is 0 Å². The zero-order chi connectivity index (χ0) is 9.26. The van der Waals surface area contributed by atoms with Crippen molar-refractivity contribution < 1.29 is 4.79 Å². The molecule has 2 aromatic rings. The lowest BCUT2D eigenvalue weighted by Crippen LogP contribution is -1.90. The third-order valence-corrected chi connectivity index (χ3v) is 1.84. The molecule has 0 saturated carbocycles. The number of hydrogen-bond donors (Lipinski definition) is 0. The van der Waals surface area contributed by atoms with Gasteiger partial charge in [0.15, 0.2) is 6.29 Å². The maximum atomic E-state index is 10.4. The SMILES string of the molecule is Cc1ccc2ncc(C=O)nc2c1. The molecule has 3 nitrogen and oxygen atoms in total. The van der Waals surface area contributed by atoms with Crippen LogP contribution in [0.15, 0.2) is 24.4 Å². The zero-order valence-electron chi connectivity index (χ0n) is 7.19. The van der Waals surface area contributed by atoms with Crippen molar-refractivity contribution in [2.45, 2.75) is 6.92 Å². The van der Waals surface area contributed by atoms with Crippen molar-refractivity contribution in [3.8, 4) is 0 Å². The second-order valence-electron chi connectivity index (χ2n) is 2.90. The van der Waals surface area contributed by atoms with Crippen LogP contribution in [0.2, 0.25) is 0 Å². The topological polar surface area (TPSA) is 42.9 Å². The van der Waals surface area contributed by atoms with Gasteiger partial charge in [0.1, 0.15) is 5.69 Å². The largest absolute Gasteiger partial charge is 0.296 e. The highest BCUT2D eigenvalue weighted by molar-refractivity contribution is 5.80. The highest BCUT2D eigenvalue weighted by atomic mass is 16.1. The van der Waals surface area contributed by atoms with Crippen LogP contribution in [0.3, 0.4) is 0 Å². The Morgan fingerprint density at radius 2 is 2.15 bits per heavy atom. The smallest absolute Gasteiger partial charge is 0.170 e. The standard InChI is InChI=1S/C10H8N2O/c1-7-2-3-9-10(4-7)12-8(6-13)5-11-9/h2-6H,1H3. The Morgan fingerprint density at radius 3 is 2.92 bits per heavy atom. The summed E-state index contributed by atoms with van der Waals surface area (Å²) in [5.41, 5.74) is 3.07. The summed E-state index contributed by atoms with van der Waals surface area (Å²) in [7, 11) is 0. The molecule has 0 unspecified atom stereocenters. The Morgan fingerprint density at radius 1 is 1.31 bits per heavy atom. The third-order valence-electron chi connectivity index (χ3n) is 1.84. The van der Waals surface area contributed by atoms with Crippen molar-refractivity contribution in [2.24, 2.45) is 0 Å². The maximum Gasteiger partial charge on any atom is 0.170 e. The Balaban J connectivity index is 2.74. The summed E-state index contributed by atoms with van der Waals surface area (Å²) < 4.78 is 0. The molecule has 13 heavy (non-hydrogen) atoms. The molecule has 0 N–H and O–H groups in total. The van der Waals surface area contributed by atoms with Crippen LogP contribution in [0.25, 0.3) is 11.0 Å². The molecule has 1 aromatic carbocycles. The number of rotatable bonds is 1. The van der Waals surface area contributed by atoms with Gasteiger partial charge in [-0.3, -0.25) is 9.78 Å². The molecule has 0 atom stereocenters. The van der Waals surface area contributed by atoms with Crippen LogP contribution in [-0.4, -0.2) is 16.3 Å². The van der Waals surface area contributed by atoms with Crippen molar-refractivity contribution in [3.05, 3.63) is 35.7 Å². The minimum absolute atomic E-state index is 0.373. The van der Waals surface area contributed by atoms with E-state index >= 15 is 0 Å². The number of aromatic nitrogens is 2. The number of aldehydes is 1. The fourth-order valence-corrected chi connectivity index (χ4v) is 1.19. The molecule has 0 aliphatic rings. The first-order chi connectivity index (χ1) is 6.29. The van der Waals surface area contributed by atoms with Crippen molar-refractivity contribution >= 4 is 17.3 Å². The number of aryl methyl sites for hydroxylation is 1. The first-order valence-electron chi connectivity index (χ1n) is 3.98. The Bertz CT molecular complexity index is 465. The second kappa shape index (κ2) is 2.94. The Hall–Kier alpha value is -1.77. The molecule has 0 bridgehead atoms. The molecule has 0 saturated heterocycles. The summed E-state index contributed by atoms with van der Waals surface area (Å²) in [6.07, 6.45) is 2.18. The van der Waals surface area contributed by atoms with Gasteiger partial charge in [0.05, 0.1) is 17.2 Å². The molecular weight excluding hydrogens is 164 g/mol. The van der Waals surface area contributed by atoms with Crippen LogP contribution in [0.4, 0.5) is 0 Å². The number of carbonyl (C=O) groups excluding carboxylic acids is 1. The minimum Gasteiger partial charge on any atom is -0.296 e. The van der Waals surface area contributed by atoms with E-state index < -0.39 is 0 Å². The van der Waals surface area contributed by atoms with E-state index in [9.17, 15) is 4.79 Å². The molecule has 0 aliphatic carbocycles. The zero-order valence-corrected chi connectivity index (χ0v) is 7.19. The van der Waals surface area contributed by atoms with Crippen molar-refractivity contribution in [2.75, 3.05) is 0 Å². The summed E-state index contributed by atoms with van der Waals surface area (Å²) in [6.45, 7) is 1.98. The molecule has 1 aromatic heterocycles.